The van der Waals surface area contributed by atoms with Gasteiger partial charge in [0.25, 0.3) is 0 Å². The fraction of sp³-hybridized carbons (Fsp3) is 0.357. The van der Waals surface area contributed by atoms with Gasteiger partial charge in [-0.05, 0) is 17.5 Å². The predicted molar refractivity (Wildman–Crippen MR) is 68.3 cm³/mol. The van der Waals surface area contributed by atoms with E-state index >= 15 is 0 Å². The highest BCUT2D eigenvalue weighted by Crippen LogP contribution is 2.27. The van der Waals surface area contributed by atoms with Crippen LogP contribution < -0.4 is 0 Å². The molecular formula is C14H17NO2. The number of carbonyl (C=O) groups is 1. The summed E-state index contributed by atoms with van der Waals surface area (Å²) < 4.78 is 2.11. The number of aryl methyl sites for hydroxylation is 1. The van der Waals surface area contributed by atoms with Crippen LogP contribution in [-0.2, 0) is 18.3 Å². The Morgan fingerprint density at radius 2 is 2.12 bits per heavy atom. The Bertz CT molecular complexity index is 567. The summed E-state index contributed by atoms with van der Waals surface area (Å²) >= 11 is 0. The Morgan fingerprint density at radius 1 is 1.41 bits per heavy atom. The van der Waals surface area contributed by atoms with Crippen molar-refractivity contribution in [2.24, 2.45) is 7.05 Å². The zero-order valence-corrected chi connectivity index (χ0v) is 10.4. The molecule has 0 radical (unpaired) electrons. The van der Waals surface area contributed by atoms with E-state index in [-0.39, 0.29) is 6.42 Å². The molecule has 0 saturated heterocycles. The second-order valence-electron chi connectivity index (χ2n) is 4.71. The average molecular weight is 231 g/mol. The molecule has 0 fully saturated rings. The third-order valence-corrected chi connectivity index (χ3v) is 3.11. The van der Waals surface area contributed by atoms with Gasteiger partial charge in [-0.25, -0.2) is 0 Å². The molecule has 2 rings (SSSR count). The molecule has 0 aliphatic carbocycles. The zero-order valence-electron chi connectivity index (χ0n) is 10.4. The standard InChI is InChI=1S/C14H17NO2/c1-9(2)12-7-10-5-4-6-11(8-13(16)17)14(10)15(12)3/h4-7,9H,8H2,1-3H3,(H,16,17). The third kappa shape index (κ3) is 2.05. The van der Waals surface area contributed by atoms with E-state index in [4.69, 9.17) is 5.11 Å². The van der Waals surface area contributed by atoms with Crippen molar-refractivity contribution in [3.8, 4) is 0 Å². The summed E-state index contributed by atoms with van der Waals surface area (Å²) in [4.78, 5) is 10.9. The molecule has 0 spiro atoms. The molecule has 2 aromatic rings. The van der Waals surface area contributed by atoms with Gasteiger partial charge in [-0.3, -0.25) is 4.79 Å². The van der Waals surface area contributed by atoms with Gasteiger partial charge in [0.05, 0.1) is 11.9 Å². The molecule has 90 valence electrons. The van der Waals surface area contributed by atoms with Gasteiger partial charge >= 0.3 is 5.97 Å². The van der Waals surface area contributed by atoms with Crippen LogP contribution in [0.5, 0.6) is 0 Å². The van der Waals surface area contributed by atoms with Crippen molar-refractivity contribution in [2.45, 2.75) is 26.2 Å². The van der Waals surface area contributed by atoms with E-state index in [9.17, 15) is 4.79 Å². The Hall–Kier alpha value is -1.77. The Balaban J connectivity index is 2.66. The van der Waals surface area contributed by atoms with Crippen molar-refractivity contribution in [2.75, 3.05) is 0 Å². The maximum atomic E-state index is 10.9. The molecule has 3 nitrogen and oxygen atoms in total. The summed E-state index contributed by atoms with van der Waals surface area (Å²) in [6, 6.07) is 7.99. The number of carboxylic acid groups (broad SMARTS) is 1. The molecule has 0 aliphatic rings. The first kappa shape index (κ1) is 11.7. The number of carboxylic acids is 1. The average Bonchev–Trinajstić information content (AvgIpc) is 2.56. The van der Waals surface area contributed by atoms with E-state index < -0.39 is 5.97 Å². The maximum Gasteiger partial charge on any atom is 0.307 e. The number of hydrogen-bond donors (Lipinski definition) is 1. The number of hydrogen-bond acceptors (Lipinski definition) is 1. The summed E-state index contributed by atoms with van der Waals surface area (Å²) in [5, 5.41) is 10.0. The minimum absolute atomic E-state index is 0.0761. The van der Waals surface area contributed by atoms with Gasteiger partial charge in [0.2, 0.25) is 0 Å². The first-order valence-corrected chi connectivity index (χ1v) is 5.79. The Morgan fingerprint density at radius 3 is 2.71 bits per heavy atom. The van der Waals surface area contributed by atoms with Crippen LogP contribution in [-0.4, -0.2) is 15.6 Å². The van der Waals surface area contributed by atoms with Crippen LogP contribution in [0.1, 0.15) is 31.0 Å². The topological polar surface area (TPSA) is 42.2 Å². The van der Waals surface area contributed by atoms with E-state index in [2.05, 4.69) is 24.5 Å². The van der Waals surface area contributed by atoms with Crippen molar-refractivity contribution in [3.05, 3.63) is 35.5 Å². The van der Waals surface area contributed by atoms with Gasteiger partial charge in [0.15, 0.2) is 0 Å². The molecule has 0 saturated carbocycles. The van der Waals surface area contributed by atoms with Gasteiger partial charge in [0, 0.05) is 18.1 Å². The summed E-state index contributed by atoms with van der Waals surface area (Å²) in [5.41, 5.74) is 3.15. The van der Waals surface area contributed by atoms with Crippen molar-refractivity contribution in [1.29, 1.82) is 0 Å². The highest BCUT2D eigenvalue weighted by Gasteiger charge is 2.13. The SMILES string of the molecule is CC(C)c1cc2cccc(CC(=O)O)c2n1C. The molecule has 1 aromatic heterocycles. The molecule has 0 atom stereocenters. The fourth-order valence-corrected chi connectivity index (χ4v) is 2.38. The zero-order chi connectivity index (χ0) is 12.6. The third-order valence-electron chi connectivity index (χ3n) is 3.11. The van der Waals surface area contributed by atoms with Crippen LogP contribution in [0, 0.1) is 0 Å². The molecule has 0 unspecified atom stereocenters. The minimum atomic E-state index is -0.787. The lowest BCUT2D eigenvalue weighted by atomic mass is 10.1. The molecular weight excluding hydrogens is 214 g/mol. The lowest BCUT2D eigenvalue weighted by Crippen LogP contribution is -2.04. The molecule has 1 heterocycles. The van der Waals surface area contributed by atoms with Gasteiger partial charge in [-0.2, -0.15) is 0 Å². The van der Waals surface area contributed by atoms with Gasteiger partial charge < -0.3 is 9.67 Å². The summed E-state index contributed by atoms with van der Waals surface area (Å²) in [6.07, 6.45) is 0.0761. The van der Waals surface area contributed by atoms with Crippen LogP contribution in [0.3, 0.4) is 0 Å². The Kier molecular flexibility index (Phi) is 2.92. The highest BCUT2D eigenvalue weighted by atomic mass is 16.4. The fourth-order valence-electron chi connectivity index (χ4n) is 2.38. The van der Waals surface area contributed by atoms with Crippen LogP contribution in [0.4, 0.5) is 0 Å². The van der Waals surface area contributed by atoms with Crippen molar-refractivity contribution in [1.82, 2.24) is 4.57 Å². The monoisotopic (exact) mass is 231 g/mol. The van der Waals surface area contributed by atoms with Gasteiger partial charge in [-0.1, -0.05) is 32.0 Å². The normalized spacial score (nSPS) is 11.3. The van der Waals surface area contributed by atoms with E-state index in [0.29, 0.717) is 5.92 Å². The van der Waals surface area contributed by atoms with Crippen LogP contribution in [0.25, 0.3) is 10.9 Å². The number of rotatable bonds is 3. The van der Waals surface area contributed by atoms with Crippen molar-refractivity contribution >= 4 is 16.9 Å². The summed E-state index contributed by atoms with van der Waals surface area (Å²) in [6.45, 7) is 4.29. The quantitative estimate of drug-likeness (QED) is 0.882. The molecule has 1 aromatic carbocycles. The molecule has 0 bridgehead atoms. The first-order valence-electron chi connectivity index (χ1n) is 5.79. The van der Waals surface area contributed by atoms with E-state index in [1.807, 2.05) is 25.2 Å². The lowest BCUT2D eigenvalue weighted by Gasteiger charge is -2.09. The number of fused-ring (bicyclic) bond motifs is 1. The number of aromatic nitrogens is 1. The second-order valence-corrected chi connectivity index (χ2v) is 4.71. The molecule has 3 heteroatoms. The second kappa shape index (κ2) is 4.24. The van der Waals surface area contributed by atoms with E-state index in [0.717, 1.165) is 16.5 Å². The Labute approximate surface area is 101 Å². The molecule has 17 heavy (non-hydrogen) atoms. The smallest absolute Gasteiger partial charge is 0.307 e. The van der Waals surface area contributed by atoms with E-state index in [1.165, 1.54) is 5.69 Å². The predicted octanol–water partition coefficient (Wildman–Crippen LogP) is 2.93. The van der Waals surface area contributed by atoms with Crippen LogP contribution in [0.15, 0.2) is 24.3 Å². The van der Waals surface area contributed by atoms with Crippen molar-refractivity contribution in [3.63, 3.8) is 0 Å². The molecule has 0 amide bonds. The van der Waals surface area contributed by atoms with Crippen LogP contribution in [0.2, 0.25) is 0 Å². The molecule has 1 N–H and O–H groups in total. The highest BCUT2D eigenvalue weighted by molar-refractivity contribution is 5.87. The summed E-state index contributed by atoms with van der Waals surface area (Å²) in [7, 11) is 2.00. The first-order chi connectivity index (χ1) is 8.00. The lowest BCUT2D eigenvalue weighted by molar-refractivity contribution is -0.136. The summed E-state index contributed by atoms with van der Waals surface area (Å²) in [5.74, 6) is -0.352. The maximum absolute atomic E-state index is 10.9. The van der Waals surface area contributed by atoms with Gasteiger partial charge in [0.1, 0.15) is 0 Å². The number of benzene rings is 1. The minimum Gasteiger partial charge on any atom is -0.481 e. The number of aliphatic carboxylic acids is 1. The number of para-hydroxylation sites is 1. The van der Waals surface area contributed by atoms with Crippen LogP contribution >= 0.6 is 0 Å². The largest absolute Gasteiger partial charge is 0.481 e. The number of nitrogens with zero attached hydrogens (tertiary/aromatic N) is 1. The van der Waals surface area contributed by atoms with Gasteiger partial charge in [-0.15, -0.1) is 0 Å². The van der Waals surface area contributed by atoms with Crippen molar-refractivity contribution < 1.29 is 9.90 Å². The van der Waals surface area contributed by atoms with E-state index in [1.54, 1.807) is 0 Å². The molecule has 0 aliphatic heterocycles.